The van der Waals surface area contributed by atoms with Crippen molar-refractivity contribution in [1.29, 1.82) is 0 Å². The third-order valence-corrected chi connectivity index (χ3v) is 9.50. The van der Waals surface area contributed by atoms with Gasteiger partial charge in [-0.25, -0.2) is 4.98 Å². The van der Waals surface area contributed by atoms with Crippen LogP contribution in [0, 0.1) is 0 Å². The highest BCUT2D eigenvalue weighted by Gasteiger charge is 2.27. The molecule has 46 heavy (non-hydrogen) atoms. The van der Waals surface area contributed by atoms with E-state index in [1.807, 2.05) is 24.5 Å². The minimum atomic E-state index is 0.0944. The summed E-state index contributed by atoms with van der Waals surface area (Å²) in [5, 5.41) is 10.7. The maximum Gasteiger partial charge on any atom is 0.0978 e. The highest BCUT2D eigenvalue weighted by atomic mass is 14.9. The molecular weight excluding hydrogens is 560 g/mol. The van der Waals surface area contributed by atoms with Gasteiger partial charge in [0.2, 0.25) is 0 Å². The van der Waals surface area contributed by atoms with Gasteiger partial charge in [0.25, 0.3) is 0 Å². The van der Waals surface area contributed by atoms with E-state index in [1.54, 1.807) is 0 Å². The van der Waals surface area contributed by atoms with E-state index >= 15 is 0 Å². The largest absolute Gasteiger partial charge is 0.372 e. The van der Waals surface area contributed by atoms with E-state index in [-0.39, 0.29) is 6.04 Å². The van der Waals surface area contributed by atoms with Crippen molar-refractivity contribution in [1.82, 2.24) is 15.0 Å². The van der Waals surface area contributed by atoms with Crippen LogP contribution in [0.5, 0.6) is 0 Å². The van der Waals surface area contributed by atoms with Crippen molar-refractivity contribution in [3.8, 4) is 11.1 Å². The molecule has 0 radical (unpaired) electrons. The number of hydrogen-bond donors (Lipinski definition) is 1. The van der Waals surface area contributed by atoms with Gasteiger partial charge in [0.1, 0.15) is 0 Å². The molecule has 0 spiro atoms. The molecule has 4 nitrogen and oxygen atoms in total. The van der Waals surface area contributed by atoms with Crippen molar-refractivity contribution in [2.75, 3.05) is 5.32 Å². The van der Waals surface area contributed by atoms with Crippen molar-refractivity contribution >= 4 is 65.6 Å². The van der Waals surface area contributed by atoms with Gasteiger partial charge in [-0.1, -0.05) is 103 Å². The van der Waals surface area contributed by atoms with E-state index in [9.17, 15) is 0 Å². The molecule has 1 unspecified atom stereocenters. The number of pyridine rings is 3. The summed E-state index contributed by atoms with van der Waals surface area (Å²) in [6.45, 7) is 0. The minimum Gasteiger partial charge on any atom is -0.372 e. The van der Waals surface area contributed by atoms with Gasteiger partial charge in [-0.15, -0.1) is 0 Å². The second-order valence-corrected chi connectivity index (χ2v) is 12.1. The Labute approximate surface area is 265 Å². The summed E-state index contributed by atoms with van der Waals surface area (Å²) >= 11 is 0. The smallest absolute Gasteiger partial charge is 0.0978 e. The Kier molecular flexibility index (Phi) is 5.31. The van der Waals surface area contributed by atoms with Gasteiger partial charge in [0, 0.05) is 45.1 Å². The van der Waals surface area contributed by atoms with Gasteiger partial charge >= 0.3 is 0 Å². The average molecular weight is 587 g/mol. The molecule has 214 valence electrons. The minimum absolute atomic E-state index is 0.0944. The second kappa shape index (κ2) is 9.68. The van der Waals surface area contributed by atoms with Crippen LogP contribution in [0.3, 0.4) is 0 Å². The van der Waals surface area contributed by atoms with Crippen LogP contribution in [0.4, 0.5) is 5.69 Å². The van der Waals surface area contributed by atoms with Crippen LogP contribution < -0.4 is 5.32 Å². The number of para-hydroxylation sites is 1. The lowest BCUT2D eigenvalue weighted by Gasteiger charge is -2.31. The number of nitrogens with zero attached hydrogens (tertiary/aromatic N) is 3. The Morgan fingerprint density at radius 3 is 2.20 bits per heavy atom. The van der Waals surface area contributed by atoms with Gasteiger partial charge in [-0.2, -0.15) is 0 Å². The van der Waals surface area contributed by atoms with E-state index < -0.39 is 0 Å². The average Bonchev–Trinajstić information content (AvgIpc) is 3.12. The fraction of sp³-hybridized carbons (Fsp3) is 0.0238. The van der Waals surface area contributed by atoms with Crippen molar-refractivity contribution < 1.29 is 0 Å². The zero-order valence-corrected chi connectivity index (χ0v) is 24.8. The fourth-order valence-corrected chi connectivity index (χ4v) is 7.40. The lowest BCUT2D eigenvalue weighted by molar-refractivity contribution is 1.03. The molecule has 1 aliphatic heterocycles. The highest BCUT2D eigenvalue weighted by molar-refractivity contribution is 6.16. The highest BCUT2D eigenvalue weighted by Crippen LogP contribution is 2.44. The predicted octanol–water partition coefficient (Wildman–Crippen LogP) is 10.0. The quantitative estimate of drug-likeness (QED) is 0.162. The van der Waals surface area contributed by atoms with Crippen molar-refractivity contribution in [2.45, 2.75) is 6.04 Å². The number of allylic oxidation sites excluding steroid dienone is 2. The molecular formula is C42H26N4. The van der Waals surface area contributed by atoms with Crippen molar-refractivity contribution in [3.63, 3.8) is 0 Å². The van der Waals surface area contributed by atoms with Crippen molar-refractivity contribution in [2.24, 2.45) is 0 Å². The number of hydrogen-bond acceptors (Lipinski definition) is 4. The Balaban J connectivity index is 1.17. The zero-order chi connectivity index (χ0) is 30.2. The molecule has 8 aromatic rings. The fourth-order valence-electron chi connectivity index (χ4n) is 7.40. The van der Waals surface area contributed by atoms with Crippen molar-refractivity contribution in [3.05, 3.63) is 163 Å². The Morgan fingerprint density at radius 1 is 0.565 bits per heavy atom. The first-order chi connectivity index (χ1) is 22.8. The van der Waals surface area contributed by atoms with E-state index in [2.05, 4.69) is 127 Å². The van der Waals surface area contributed by atoms with Crippen LogP contribution in [0.1, 0.15) is 11.1 Å². The summed E-state index contributed by atoms with van der Waals surface area (Å²) < 4.78 is 0. The monoisotopic (exact) mass is 586 g/mol. The Morgan fingerprint density at radius 2 is 1.30 bits per heavy atom. The maximum absolute atomic E-state index is 5.10. The molecule has 0 fully saturated rings. The van der Waals surface area contributed by atoms with E-state index in [4.69, 9.17) is 15.0 Å². The lowest BCUT2D eigenvalue weighted by atomic mass is 9.82. The van der Waals surface area contributed by atoms with Crippen LogP contribution in [0.25, 0.3) is 71.1 Å². The maximum atomic E-state index is 5.10. The molecule has 10 rings (SSSR count). The van der Waals surface area contributed by atoms with Gasteiger partial charge < -0.3 is 5.32 Å². The molecule has 0 amide bonds. The topological polar surface area (TPSA) is 50.7 Å². The molecule has 1 N–H and O–H groups in total. The van der Waals surface area contributed by atoms with Crippen LogP contribution in [-0.4, -0.2) is 21.0 Å². The summed E-state index contributed by atoms with van der Waals surface area (Å²) in [6.07, 6.45) is 12.5. The third kappa shape index (κ3) is 3.71. The van der Waals surface area contributed by atoms with Gasteiger partial charge in [0.15, 0.2) is 0 Å². The summed E-state index contributed by atoms with van der Waals surface area (Å²) in [5.74, 6) is 0. The molecule has 1 atom stereocenters. The molecule has 5 aromatic carbocycles. The number of anilines is 1. The number of nitrogens with one attached hydrogen (secondary N) is 1. The molecule has 3 aromatic heterocycles. The van der Waals surface area contributed by atoms with E-state index in [0.717, 1.165) is 49.3 Å². The lowest BCUT2D eigenvalue weighted by Crippen LogP contribution is -2.26. The molecule has 1 aliphatic carbocycles. The molecule has 2 aliphatic rings. The van der Waals surface area contributed by atoms with E-state index in [0.29, 0.717) is 0 Å². The van der Waals surface area contributed by atoms with Gasteiger partial charge in [-0.05, 0) is 63.4 Å². The van der Waals surface area contributed by atoms with E-state index in [1.165, 1.54) is 44.2 Å². The summed E-state index contributed by atoms with van der Waals surface area (Å²) in [6, 6.07) is 39.2. The number of aromatic nitrogens is 3. The van der Waals surface area contributed by atoms with Gasteiger partial charge in [0.05, 0.1) is 33.8 Å². The molecule has 0 saturated carbocycles. The number of rotatable bonds is 2. The summed E-state index contributed by atoms with van der Waals surface area (Å²) in [4.78, 5) is 14.6. The van der Waals surface area contributed by atoms with Crippen LogP contribution in [0.2, 0.25) is 0 Å². The molecule has 4 heterocycles. The number of fused-ring (bicyclic) bond motifs is 9. The number of benzene rings is 5. The first kappa shape index (κ1) is 25.2. The van der Waals surface area contributed by atoms with Gasteiger partial charge in [-0.3, -0.25) is 9.97 Å². The molecule has 0 bridgehead atoms. The zero-order valence-electron chi connectivity index (χ0n) is 24.8. The third-order valence-electron chi connectivity index (χ3n) is 9.50. The molecule has 0 saturated heterocycles. The standard InChI is InChI=1S/C42H26N4/c1-3-11-35-31(9-1)37(33-19-17-25-7-5-21-43-39(25)41(33)45-35)29-15-13-28-24-30(16-14-27(28)23-29)38-32-10-2-4-12-36(32)46-42-34(38)20-18-26-8-6-22-44-40(26)42/h1-24,35,45H. The van der Waals surface area contributed by atoms with Crippen LogP contribution in [0.15, 0.2) is 151 Å². The summed E-state index contributed by atoms with van der Waals surface area (Å²) in [7, 11) is 0. The molecule has 4 heteroatoms. The first-order valence-electron chi connectivity index (χ1n) is 15.6. The SMILES string of the molecule is C1=CC2=C(c3ccc4cc(-c5c6ccccc6nc6c5ccc5cccnc56)ccc4c3)c3ccc4cccnc4c3NC2C=C1. The Bertz CT molecular complexity index is 2680. The summed E-state index contributed by atoms with van der Waals surface area (Å²) in [5.41, 5.74) is 12.2. The Hall–Kier alpha value is -6.13. The van der Waals surface area contributed by atoms with Crippen LogP contribution >= 0.6 is 0 Å². The predicted molar refractivity (Wildman–Crippen MR) is 191 cm³/mol. The normalized spacial score (nSPS) is 15.5. The second-order valence-electron chi connectivity index (χ2n) is 12.1. The van der Waals surface area contributed by atoms with Crippen LogP contribution in [-0.2, 0) is 0 Å². The first-order valence-corrected chi connectivity index (χ1v) is 15.6.